The second kappa shape index (κ2) is 7.99. The Labute approximate surface area is 151 Å². The van der Waals surface area contributed by atoms with Crippen LogP contribution in [-0.2, 0) is 9.59 Å². The molecule has 0 radical (unpaired) electrons. The first-order valence-corrected chi connectivity index (χ1v) is 8.67. The van der Waals surface area contributed by atoms with E-state index in [0.29, 0.717) is 17.1 Å². The van der Waals surface area contributed by atoms with Crippen LogP contribution in [0.15, 0.2) is 42.5 Å². The van der Waals surface area contributed by atoms with Gasteiger partial charge >= 0.3 is 0 Å². The molecule has 2 aromatic carbocycles. The first-order chi connectivity index (χ1) is 12.6. The van der Waals surface area contributed by atoms with Gasteiger partial charge in [-0.15, -0.1) is 0 Å². The van der Waals surface area contributed by atoms with E-state index in [1.54, 1.807) is 30.3 Å². The highest BCUT2D eigenvalue weighted by Gasteiger charge is 2.21. The fourth-order valence-corrected chi connectivity index (χ4v) is 3.11. The summed E-state index contributed by atoms with van der Waals surface area (Å²) in [6.45, 7) is 1.98. The molecule has 2 aromatic rings. The van der Waals surface area contributed by atoms with Crippen LogP contribution in [-0.4, -0.2) is 18.4 Å². The zero-order chi connectivity index (χ0) is 18.5. The second-order valence-electron chi connectivity index (χ2n) is 6.31. The number of rotatable bonds is 6. The van der Waals surface area contributed by atoms with Crippen LogP contribution in [0.5, 0.6) is 5.75 Å². The van der Waals surface area contributed by atoms with E-state index in [-0.39, 0.29) is 36.6 Å². The highest BCUT2D eigenvalue weighted by atomic mass is 19.1. The van der Waals surface area contributed by atoms with Crippen molar-refractivity contribution in [2.75, 3.05) is 17.2 Å². The maximum absolute atomic E-state index is 13.2. The van der Waals surface area contributed by atoms with E-state index >= 15 is 0 Å². The number of para-hydroxylation sites is 1. The number of carbonyl (C=O) groups is 2. The van der Waals surface area contributed by atoms with Crippen LogP contribution in [0.25, 0.3) is 0 Å². The van der Waals surface area contributed by atoms with Crippen molar-refractivity contribution in [3.8, 4) is 5.75 Å². The van der Waals surface area contributed by atoms with Gasteiger partial charge in [-0.25, -0.2) is 4.39 Å². The average Bonchev–Trinajstić information content (AvgIpc) is 2.62. The van der Waals surface area contributed by atoms with Crippen LogP contribution in [0.2, 0.25) is 0 Å². The third kappa shape index (κ3) is 4.20. The quantitative estimate of drug-likeness (QED) is 0.820. The van der Waals surface area contributed by atoms with E-state index in [4.69, 9.17) is 4.74 Å². The molecule has 3 rings (SSSR count). The summed E-state index contributed by atoms with van der Waals surface area (Å²) < 4.78 is 18.6. The molecule has 1 aliphatic rings. The van der Waals surface area contributed by atoms with Gasteiger partial charge < -0.3 is 15.4 Å². The van der Waals surface area contributed by atoms with Gasteiger partial charge in [0.25, 0.3) is 5.91 Å². The number of halogens is 1. The molecule has 1 heterocycles. The molecule has 1 aliphatic heterocycles. The molecule has 0 aliphatic carbocycles. The molecule has 0 spiro atoms. The van der Waals surface area contributed by atoms with Gasteiger partial charge in [-0.1, -0.05) is 31.5 Å². The van der Waals surface area contributed by atoms with Gasteiger partial charge in [-0.3, -0.25) is 9.59 Å². The van der Waals surface area contributed by atoms with Gasteiger partial charge in [0.2, 0.25) is 5.91 Å². The van der Waals surface area contributed by atoms with E-state index < -0.39 is 0 Å². The average molecular weight is 356 g/mol. The van der Waals surface area contributed by atoms with Crippen molar-refractivity contribution in [1.82, 2.24) is 0 Å². The Bertz CT molecular complexity index is 805. The fourth-order valence-electron chi connectivity index (χ4n) is 3.11. The summed E-state index contributed by atoms with van der Waals surface area (Å²) in [5.41, 5.74) is 2.02. The number of hydrogen-bond acceptors (Lipinski definition) is 3. The molecular weight excluding hydrogens is 335 g/mol. The van der Waals surface area contributed by atoms with Crippen LogP contribution in [0.3, 0.4) is 0 Å². The number of amides is 2. The lowest BCUT2D eigenvalue weighted by Crippen LogP contribution is -2.26. The van der Waals surface area contributed by atoms with Crippen molar-refractivity contribution in [1.29, 1.82) is 0 Å². The van der Waals surface area contributed by atoms with E-state index in [1.807, 2.05) is 0 Å². The topological polar surface area (TPSA) is 67.4 Å². The molecule has 1 unspecified atom stereocenters. The summed E-state index contributed by atoms with van der Waals surface area (Å²) in [7, 11) is 0. The lowest BCUT2D eigenvalue weighted by molar-refractivity contribution is -0.118. The number of fused-ring (bicyclic) bond motifs is 1. The van der Waals surface area contributed by atoms with Gasteiger partial charge in [0.1, 0.15) is 5.82 Å². The third-order valence-electron chi connectivity index (χ3n) is 4.32. The minimum absolute atomic E-state index is 0.0146. The molecule has 0 aromatic heterocycles. The zero-order valence-corrected chi connectivity index (χ0v) is 14.5. The molecule has 1 atom stereocenters. The molecule has 5 nitrogen and oxygen atoms in total. The van der Waals surface area contributed by atoms with Crippen molar-refractivity contribution in [3.05, 3.63) is 53.8 Å². The molecule has 136 valence electrons. The lowest BCUT2D eigenvalue weighted by atomic mass is 9.91. The van der Waals surface area contributed by atoms with Gasteiger partial charge in [0.15, 0.2) is 12.4 Å². The Kier molecular flexibility index (Phi) is 5.51. The first-order valence-electron chi connectivity index (χ1n) is 8.67. The van der Waals surface area contributed by atoms with Crippen LogP contribution in [0.4, 0.5) is 15.8 Å². The van der Waals surface area contributed by atoms with Crippen LogP contribution >= 0.6 is 0 Å². The minimum atomic E-state index is -0.288. The number of benzene rings is 2. The van der Waals surface area contributed by atoms with Crippen molar-refractivity contribution in [2.45, 2.75) is 32.1 Å². The highest BCUT2D eigenvalue weighted by Crippen LogP contribution is 2.36. The van der Waals surface area contributed by atoms with Crippen LogP contribution in [0.1, 0.15) is 37.7 Å². The molecule has 0 saturated heterocycles. The SMILES string of the molecule is CCCC(CC(=O)Nc1cccc2c1OCC(=O)N2)c1ccc(F)cc1. The maximum Gasteiger partial charge on any atom is 0.262 e. The summed E-state index contributed by atoms with van der Waals surface area (Å²) >= 11 is 0. The monoisotopic (exact) mass is 356 g/mol. The van der Waals surface area contributed by atoms with Gasteiger partial charge in [-0.05, 0) is 42.2 Å². The predicted molar refractivity (Wildman–Crippen MR) is 97.9 cm³/mol. The van der Waals surface area contributed by atoms with Gasteiger partial charge in [0, 0.05) is 6.42 Å². The molecule has 2 amide bonds. The molecule has 0 saturated carbocycles. The smallest absolute Gasteiger partial charge is 0.262 e. The Balaban J connectivity index is 1.72. The molecular formula is C20H21FN2O3. The lowest BCUT2D eigenvalue weighted by Gasteiger charge is -2.21. The van der Waals surface area contributed by atoms with Crippen molar-refractivity contribution < 1.29 is 18.7 Å². The first kappa shape index (κ1) is 17.9. The zero-order valence-electron chi connectivity index (χ0n) is 14.5. The van der Waals surface area contributed by atoms with E-state index in [9.17, 15) is 14.0 Å². The number of nitrogens with one attached hydrogen (secondary N) is 2. The Morgan fingerprint density at radius 2 is 2.04 bits per heavy atom. The molecule has 26 heavy (non-hydrogen) atoms. The second-order valence-corrected chi connectivity index (χ2v) is 6.31. The Morgan fingerprint density at radius 3 is 2.77 bits per heavy atom. The highest BCUT2D eigenvalue weighted by molar-refractivity contribution is 6.00. The van der Waals surface area contributed by atoms with Crippen LogP contribution in [0, 0.1) is 5.82 Å². The summed E-state index contributed by atoms with van der Waals surface area (Å²) in [6, 6.07) is 11.5. The predicted octanol–water partition coefficient (Wildman–Crippen LogP) is 4.07. The third-order valence-corrected chi connectivity index (χ3v) is 4.32. The molecule has 6 heteroatoms. The summed E-state index contributed by atoms with van der Waals surface area (Å²) in [6.07, 6.45) is 2.04. The van der Waals surface area contributed by atoms with E-state index in [0.717, 1.165) is 18.4 Å². The van der Waals surface area contributed by atoms with Crippen molar-refractivity contribution >= 4 is 23.2 Å². The Hall–Kier alpha value is -2.89. The molecule has 0 fully saturated rings. The number of hydrogen-bond donors (Lipinski definition) is 2. The normalized spacial score (nSPS) is 14.0. The van der Waals surface area contributed by atoms with Crippen LogP contribution < -0.4 is 15.4 Å². The van der Waals surface area contributed by atoms with Crippen molar-refractivity contribution in [2.24, 2.45) is 0 Å². The maximum atomic E-state index is 13.2. The Morgan fingerprint density at radius 1 is 1.27 bits per heavy atom. The molecule has 2 N–H and O–H groups in total. The largest absolute Gasteiger partial charge is 0.479 e. The number of carbonyl (C=O) groups excluding carboxylic acids is 2. The summed E-state index contributed by atoms with van der Waals surface area (Å²) in [4.78, 5) is 24.0. The fraction of sp³-hybridized carbons (Fsp3) is 0.300. The van der Waals surface area contributed by atoms with E-state index in [1.165, 1.54) is 12.1 Å². The molecule has 0 bridgehead atoms. The summed E-state index contributed by atoms with van der Waals surface area (Å²) in [5.74, 6) is -0.180. The summed E-state index contributed by atoms with van der Waals surface area (Å²) in [5, 5.41) is 5.58. The standard InChI is InChI=1S/C20H21FN2O3/c1-2-4-14(13-7-9-15(21)10-8-13)11-18(24)22-16-5-3-6-17-20(16)26-12-19(25)23-17/h3,5-10,14H,2,4,11-12H2,1H3,(H,22,24)(H,23,25). The van der Waals surface area contributed by atoms with E-state index in [2.05, 4.69) is 17.6 Å². The van der Waals surface area contributed by atoms with Gasteiger partial charge in [-0.2, -0.15) is 0 Å². The van der Waals surface area contributed by atoms with Crippen molar-refractivity contribution in [3.63, 3.8) is 0 Å². The number of ether oxygens (including phenoxy) is 1. The number of anilines is 2. The minimum Gasteiger partial charge on any atom is -0.479 e. The van der Waals surface area contributed by atoms with Gasteiger partial charge in [0.05, 0.1) is 11.4 Å².